The van der Waals surface area contributed by atoms with E-state index in [2.05, 4.69) is 43.4 Å². The summed E-state index contributed by atoms with van der Waals surface area (Å²) in [5, 5.41) is 22.7. The molecule has 0 saturated carbocycles. The van der Waals surface area contributed by atoms with Gasteiger partial charge in [-0.25, -0.2) is 0 Å². The van der Waals surface area contributed by atoms with Crippen molar-refractivity contribution in [3.63, 3.8) is 0 Å². The Morgan fingerprint density at radius 3 is 2.22 bits per heavy atom. The van der Waals surface area contributed by atoms with Crippen molar-refractivity contribution in [2.24, 2.45) is 0 Å². The van der Waals surface area contributed by atoms with Crippen LogP contribution in [0.3, 0.4) is 0 Å². The number of halogens is 1. The molecule has 0 spiro atoms. The highest BCUT2D eigenvalue weighted by Gasteiger charge is 2.17. The summed E-state index contributed by atoms with van der Waals surface area (Å²) < 4.78 is 24.2. The van der Waals surface area contributed by atoms with Gasteiger partial charge < -0.3 is 24.3 Å². The topological polar surface area (TPSA) is 96.5 Å². The molecule has 0 unspecified atom stereocenters. The number of nitrogens with zero attached hydrogens (tertiary/aromatic N) is 2. The van der Waals surface area contributed by atoms with Gasteiger partial charge in [0.15, 0.2) is 11.5 Å². The van der Waals surface area contributed by atoms with Crippen LogP contribution in [0.5, 0.6) is 23.0 Å². The maximum Gasteiger partial charge on any atom is 0.161 e. The summed E-state index contributed by atoms with van der Waals surface area (Å²) in [6.07, 6.45) is 0.756. The maximum atomic E-state index is 9.36. The fourth-order valence-electron chi connectivity index (χ4n) is 5.85. The van der Waals surface area contributed by atoms with Gasteiger partial charge in [-0.15, -0.1) is 0 Å². The fraction of sp³-hybridized carbons (Fsp3) is 0.220. The van der Waals surface area contributed by atoms with E-state index >= 15 is 0 Å². The molecule has 1 heterocycles. The first-order valence-corrected chi connectivity index (χ1v) is 16.6. The highest BCUT2D eigenvalue weighted by atomic mass is 35.5. The minimum atomic E-state index is 0.119. The van der Waals surface area contributed by atoms with Gasteiger partial charge in [0.2, 0.25) is 0 Å². The smallest absolute Gasteiger partial charge is 0.161 e. The molecule has 5 aromatic rings. The Bertz CT molecular complexity index is 2050. The van der Waals surface area contributed by atoms with Crippen molar-refractivity contribution < 1.29 is 18.9 Å². The van der Waals surface area contributed by atoms with Crippen molar-refractivity contribution >= 4 is 11.6 Å². The number of ether oxygens (including phenoxy) is 4. The van der Waals surface area contributed by atoms with Crippen LogP contribution in [0.2, 0.25) is 5.02 Å². The third kappa shape index (κ3) is 8.34. The Hall–Kier alpha value is -5.47. The zero-order chi connectivity index (χ0) is 34.2. The quantitative estimate of drug-likeness (QED) is 0.142. The highest BCUT2D eigenvalue weighted by Crippen LogP contribution is 2.37. The van der Waals surface area contributed by atoms with Gasteiger partial charge >= 0.3 is 0 Å². The van der Waals surface area contributed by atoms with Gasteiger partial charge in [0.25, 0.3) is 0 Å². The first-order chi connectivity index (χ1) is 23.9. The summed E-state index contributed by atoms with van der Waals surface area (Å²) in [5.74, 6) is 2.66. The summed E-state index contributed by atoms with van der Waals surface area (Å²) in [6.45, 7) is 6.37. The van der Waals surface area contributed by atoms with Crippen LogP contribution in [0, 0.1) is 29.6 Å². The minimum Gasteiger partial charge on any atom is -0.488 e. The molecule has 0 bridgehead atoms. The van der Waals surface area contributed by atoms with Gasteiger partial charge in [0.1, 0.15) is 37.9 Å². The van der Waals surface area contributed by atoms with Gasteiger partial charge in [0, 0.05) is 24.2 Å². The molecular formula is C41H36ClN3O4. The number of hydrogen-bond donors (Lipinski definition) is 1. The molecule has 8 heteroatoms. The third-order valence-corrected chi connectivity index (χ3v) is 8.78. The Balaban J connectivity index is 1.20. The molecule has 0 aliphatic carbocycles. The second-order valence-corrected chi connectivity index (χ2v) is 12.4. The molecule has 1 aliphatic rings. The van der Waals surface area contributed by atoms with Gasteiger partial charge in [-0.3, -0.25) is 0 Å². The van der Waals surface area contributed by atoms with Gasteiger partial charge in [-0.1, -0.05) is 60.1 Å². The number of hydrogen-bond acceptors (Lipinski definition) is 7. The molecule has 246 valence electrons. The Labute approximate surface area is 292 Å². The molecule has 1 N–H and O–H groups in total. The Kier molecular flexibility index (Phi) is 10.7. The molecule has 6 rings (SSSR count). The lowest BCUT2D eigenvalue weighted by atomic mass is 9.96. The fourth-order valence-corrected chi connectivity index (χ4v) is 6.09. The monoisotopic (exact) mass is 669 g/mol. The molecule has 1 aliphatic heterocycles. The van der Waals surface area contributed by atoms with Crippen molar-refractivity contribution in [3.8, 4) is 46.3 Å². The molecule has 0 saturated heterocycles. The van der Waals surface area contributed by atoms with Crippen LogP contribution in [0.1, 0.15) is 45.9 Å². The number of nitrogens with one attached hydrogen (secondary N) is 1. The van der Waals surface area contributed by atoms with Crippen LogP contribution >= 0.6 is 11.6 Å². The standard InChI is InChI=1S/C41H36ClN3O4/c1-27(16-29-6-3-7-30(17-29)22-43)45-24-35-19-37(42)40(21-39(35)48-25-32-9-4-8-31(18-32)23-44)49-26-34-10-5-11-36(28(34)2)33-12-13-38-41(20-33)47-15-14-46-38/h3-13,17-21,27,45H,14-16,24-26H2,1-2H3/t27-/m0/s1. The molecule has 0 fully saturated rings. The molecule has 49 heavy (non-hydrogen) atoms. The second-order valence-electron chi connectivity index (χ2n) is 12.0. The van der Waals surface area contributed by atoms with Crippen molar-refractivity contribution in [2.45, 2.75) is 46.1 Å². The van der Waals surface area contributed by atoms with Gasteiger partial charge in [-0.05, 0) is 96.1 Å². The zero-order valence-corrected chi connectivity index (χ0v) is 28.2. The van der Waals surface area contributed by atoms with Crippen LogP contribution in [0.4, 0.5) is 0 Å². The molecule has 1 atom stereocenters. The van der Waals surface area contributed by atoms with E-state index in [-0.39, 0.29) is 12.6 Å². The van der Waals surface area contributed by atoms with Crippen molar-refractivity contribution in [1.82, 2.24) is 5.32 Å². The van der Waals surface area contributed by atoms with Crippen molar-refractivity contribution in [2.75, 3.05) is 13.2 Å². The van der Waals surface area contributed by atoms with Gasteiger partial charge in [-0.2, -0.15) is 10.5 Å². The highest BCUT2D eigenvalue weighted by molar-refractivity contribution is 6.32. The number of nitriles is 2. The largest absolute Gasteiger partial charge is 0.488 e. The van der Waals surface area contributed by atoms with E-state index in [1.54, 1.807) is 6.07 Å². The molecule has 7 nitrogen and oxygen atoms in total. The van der Waals surface area contributed by atoms with E-state index in [0.29, 0.717) is 54.0 Å². The van der Waals surface area contributed by atoms with Crippen LogP contribution < -0.4 is 24.3 Å². The lowest BCUT2D eigenvalue weighted by molar-refractivity contribution is 0.171. The summed E-state index contributed by atoms with van der Waals surface area (Å²) in [7, 11) is 0. The zero-order valence-electron chi connectivity index (χ0n) is 27.5. The first kappa shape index (κ1) is 33.4. The SMILES string of the molecule is Cc1c(COc2cc(OCc3cccc(C#N)c3)c(CN[C@@H](C)Cc3cccc(C#N)c3)cc2Cl)cccc1-c1ccc2c(c1)OCCO2. The average Bonchev–Trinajstić information content (AvgIpc) is 3.13. The van der Waals surface area contributed by atoms with Crippen LogP contribution in [0.25, 0.3) is 11.1 Å². The maximum absolute atomic E-state index is 9.36. The van der Waals surface area contributed by atoms with Gasteiger partial charge in [0.05, 0.1) is 28.3 Å². The van der Waals surface area contributed by atoms with E-state index in [1.165, 1.54) is 0 Å². The van der Waals surface area contributed by atoms with E-state index in [1.807, 2.05) is 78.9 Å². The molecule has 0 aromatic heterocycles. The van der Waals surface area contributed by atoms with Crippen molar-refractivity contribution in [3.05, 3.63) is 141 Å². The van der Waals surface area contributed by atoms with E-state index in [4.69, 9.17) is 30.5 Å². The van der Waals surface area contributed by atoms with E-state index in [9.17, 15) is 10.5 Å². The molecule has 0 radical (unpaired) electrons. The first-order valence-electron chi connectivity index (χ1n) is 16.2. The Morgan fingerprint density at radius 1 is 0.755 bits per heavy atom. The second kappa shape index (κ2) is 15.6. The lowest BCUT2D eigenvalue weighted by Crippen LogP contribution is -2.27. The normalized spacial score (nSPS) is 12.4. The number of rotatable bonds is 12. The summed E-state index contributed by atoms with van der Waals surface area (Å²) in [4.78, 5) is 0. The molecule has 5 aromatic carbocycles. The van der Waals surface area contributed by atoms with E-state index in [0.717, 1.165) is 56.9 Å². The summed E-state index contributed by atoms with van der Waals surface area (Å²) in [5.41, 5.74) is 8.32. The van der Waals surface area contributed by atoms with Crippen LogP contribution in [0.15, 0.2) is 97.1 Å². The van der Waals surface area contributed by atoms with Crippen LogP contribution in [-0.2, 0) is 26.2 Å². The predicted molar refractivity (Wildman–Crippen MR) is 190 cm³/mol. The molecular weight excluding hydrogens is 634 g/mol. The number of benzene rings is 5. The number of fused-ring (bicyclic) bond motifs is 1. The van der Waals surface area contributed by atoms with Crippen molar-refractivity contribution in [1.29, 1.82) is 10.5 Å². The Morgan fingerprint density at radius 2 is 1.45 bits per heavy atom. The van der Waals surface area contributed by atoms with E-state index < -0.39 is 0 Å². The lowest BCUT2D eigenvalue weighted by Gasteiger charge is -2.20. The minimum absolute atomic E-state index is 0.119. The average molecular weight is 670 g/mol. The summed E-state index contributed by atoms with van der Waals surface area (Å²) >= 11 is 6.84. The molecule has 0 amide bonds. The predicted octanol–water partition coefficient (Wildman–Crippen LogP) is 8.71. The summed E-state index contributed by atoms with van der Waals surface area (Å²) in [6, 6.07) is 35.4. The third-order valence-electron chi connectivity index (χ3n) is 8.49. The van der Waals surface area contributed by atoms with Crippen LogP contribution in [-0.4, -0.2) is 19.3 Å².